The van der Waals surface area contributed by atoms with Gasteiger partial charge in [-0.1, -0.05) is 17.7 Å². The molecule has 0 bridgehead atoms. The fourth-order valence-electron chi connectivity index (χ4n) is 2.05. The summed E-state index contributed by atoms with van der Waals surface area (Å²) in [6.07, 6.45) is 1.74. The van der Waals surface area contributed by atoms with Crippen LogP contribution in [0.15, 0.2) is 18.3 Å². The van der Waals surface area contributed by atoms with Crippen molar-refractivity contribution in [2.45, 2.75) is 20.8 Å². The van der Waals surface area contributed by atoms with Crippen LogP contribution in [0.25, 0.3) is 17.2 Å². The van der Waals surface area contributed by atoms with Gasteiger partial charge in [0.25, 0.3) is 0 Å². The van der Waals surface area contributed by atoms with Crippen molar-refractivity contribution in [3.63, 3.8) is 0 Å². The van der Waals surface area contributed by atoms with Crippen LogP contribution < -0.4 is 0 Å². The lowest BCUT2D eigenvalue weighted by molar-refractivity contribution is 0.991. The summed E-state index contributed by atoms with van der Waals surface area (Å²) in [6, 6.07) is 3.89. The zero-order chi connectivity index (χ0) is 13.6. The van der Waals surface area contributed by atoms with Gasteiger partial charge in [-0.3, -0.25) is 9.38 Å². The fourth-order valence-corrected chi connectivity index (χ4v) is 2.30. The average Bonchev–Trinajstić information content (AvgIpc) is 2.82. The second kappa shape index (κ2) is 4.28. The number of fused-ring (bicyclic) bond motifs is 1. The molecule has 0 aliphatic heterocycles. The molecule has 96 valence electrons. The maximum absolute atomic E-state index is 6.12. The van der Waals surface area contributed by atoms with Gasteiger partial charge in [-0.05, 0) is 32.4 Å². The summed E-state index contributed by atoms with van der Waals surface area (Å²) in [5.41, 5.74) is 4.22. The Hall–Kier alpha value is -2.01. The molecule has 0 N–H and O–H groups in total. The van der Waals surface area contributed by atoms with E-state index in [9.17, 15) is 0 Å². The van der Waals surface area contributed by atoms with Crippen molar-refractivity contribution in [2.24, 2.45) is 0 Å². The van der Waals surface area contributed by atoms with Crippen molar-refractivity contribution in [3.05, 3.63) is 40.4 Å². The van der Waals surface area contributed by atoms with E-state index >= 15 is 0 Å². The normalized spacial score (nSPS) is 11.2. The highest BCUT2D eigenvalue weighted by atomic mass is 35.5. The molecule has 19 heavy (non-hydrogen) atoms. The molecule has 3 heterocycles. The first-order chi connectivity index (χ1) is 9.09. The largest absolute Gasteiger partial charge is 0.274 e. The molecule has 0 radical (unpaired) electrons. The lowest BCUT2D eigenvalue weighted by Gasteiger charge is -2.08. The Bertz CT molecular complexity index is 778. The van der Waals surface area contributed by atoms with E-state index in [1.54, 1.807) is 6.20 Å². The van der Waals surface area contributed by atoms with Crippen LogP contribution in [0.4, 0.5) is 0 Å². The molecule has 5 nitrogen and oxygen atoms in total. The van der Waals surface area contributed by atoms with Crippen LogP contribution in [0, 0.1) is 20.8 Å². The Labute approximate surface area is 115 Å². The molecule has 0 aromatic carbocycles. The molecule has 0 spiro atoms. The van der Waals surface area contributed by atoms with Gasteiger partial charge in [0.15, 0.2) is 16.6 Å². The van der Waals surface area contributed by atoms with Gasteiger partial charge in [-0.25, -0.2) is 4.98 Å². The van der Waals surface area contributed by atoms with Gasteiger partial charge in [0.05, 0.1) is 5.69 Å². The molecule has 0 saturated carbocycles. The summed E-state index contributed by atoms with van der Waals surface area (Å²) < 4.78 is 1.90. The number of aryl methyl sites for hydroxylation is 3. The smallest absolute Gasteiger partial charge is 0.199 e. The summed E-state index contributed by atoms with van der Waals surface area (Å²) in [6.45, 7) is 5.88. The molecule has 3 aromatic heterocycles. The third-order valence-corrected chi connectivity index (χ3v) is 3.45. The molecule has 0 fully saturated rings. The molecule has 0 aliphatic rings. The van der Waals surface area contributed by atoms with Gasteiger partial charge in [-0.2, -0.15) is 0 Å². The average molecular weight is 274 g/mol. The Morgan fingerprint density at radius 2 is 1.95 bits per heavy atom. The minimum absolute atomic E-state index is 0.357. The van der Waals surface area contributed by atoms with Gasteiger partial charge in [-0.15, -0.1) is 10.2 Å². The van der Waals surface area contributed by atoms with Crippen molar-refractivity contribution >= 4 is 17.2 Å². The first kappa shape index (κ1) is 12.0. The van der Waals surface area contributed by atoms with E-state index in [2.05, 4.69) is 20.2 Å². The molecule has 0 atom stereocenters. The number of hydrogen-bond acceptors (Lipinski definition) is 4. The van der Waals surface area contributed by atoms with Crippen LogP contribution >= 0.6 is 11.6 Å². The van der Waals surface area contributed by atoms with Crippen molar-refractivity contribution in [2.75, 3.05) is 0 Å². The molecule has 0 unspecified atom stereocenters. The molecule has 0 amide bonds. The first-order valence-corrected chi connectivity index (χ1v) is 6.27. The second-order valence-corrected chi connectivity index (χ2v) is 4.78. The van der Waals surface area contributed by atoms with Gasteiger partial charge < -0.3 is 0 Å². The standard InChI is InChI=1S/C13H12ClN5/c1-7-5-4-6-15-10(7)12-17-18-13-11(14)16-8(2)9(3)19(12)13/h4-6H,1-3H3. The van der Waals surface area contributed by atoms with E-state index in [0.717, 1.165) is 22.6 Å². The third kappa shape index (κ3) is 1.77. The number of aromatic nitrogens is 5. The Kier molecular flexibility index (Phi) is 2.71. The number of pyridine rings is 1. The van der Waals surface area contributed by atoms with E-state index in [0.29, 0.717) is 16.6 Å². The summed E-state index contributed by atoms with van der Waals surface area (Å²) >= 11 is 6.12. The van der Waals surface area contributed by atoms with Crippen LogP contribution in [-0.4, -0.2) is 24.6 Å². The molecular formula is C13H12ClN5. The van der Waals surface area contributed by atoms with Crippen LogP contribution in [0.1, 0.15) is 17.0 Å². The lowest BCUT2D eigenvalue weighted by Crippen LogP contribution is -2.02. The van der Waals surface area contributed by atoms with E-state index in [1.165, 1.54) is 0 Å². The van der Waals surface area contributed by atoms with Crippen molar-refractivity contribution < 1.29 is 0 Å². The minimum atomic E-state index is 0.357. The predicted octanol–water partition coefficient (Wildman–Crippen LogP) is 2.76. The SMILES string of the molecule is Cc1cccnc1-c1nnc2c(Cl)nc(C)c(C)n12. The zero-order valence-electron chi connectivity index (χ0n) is 10.8. The van der Waals surface area contributed by atoms with E-state index in [-0.39, 0.29) is 0 Å². The van der Waals surface area contributed by atoms with E-state index in [4.69, 9.17) is 11.6 Å². The highest BCUT2D eigenvalue weighted by Gasteiger charge is 2.17. The number of nitrogens with zero attached hydrogens (tertiary/aromatic N) is 5. The lowest BCUT2D eigenvalue weighted by atomic mass is 10.2. The molecule has 0 aliphatic carbocycles. The summed E-state index contributed by atoms with van der Waals surface area (Å²) in [7, 11) is 0. The van der Waals surface area contributed by atoms with Crippen LogP contribution in [0.5, 0.6) is 0 Å². The van der Waals surface area contributed by atoms with Crippen molar-refractivity contribution in [1.82, 2.24) is 24.6 Å². The van der Waals surface area contributed by atoms with Crippen LogP contribution in [0.2, 0.25) is 5.15 Å². The Morgan fingerprint density at radius 1 is 1.16 bits per heavy atom. The van der Waals surface area contributed by atoms with Crippen LogP contribution in [-0.2, 0) is 0 Å². The molecular weight excluding hydrogens is 262 g/mol. The monoisotopic (exact) mass is 273 g/mol. The number of hydrogen-bond donors (Lipinski definition) is 0. The highest BCUT2D eigenvalue weighted by Crippen LogP contribution is 2.24. The van der Waals surface area contributed by atoms with Gasteiger partial charge in [0.1, 0.15) is 5.69 Å². The quantitative estimate of drug-likeness (QED) is 0.684. The third-order valence-electron chi connectivity index (χ3n) is 3.19. The predicted molar refractivity (Wildman–Crippen MR) is 73.2 cm³/mol. The summed E-state index contributed by atoms with van der Waals surface area (Å²) in [5, 5.41) is 8.69. The van der Waals surface area contributed by atoms with Crippen molar-refractivity contribution in [1.29, 1.82) is 0 Å². The molecule has 0 saturated heterocycles. The van der Waals surface area contributed by atoms with Gasteiger partial charge in [0.2, 0.25) is 0 Å². The molecule has 6 heteroatoms. The second-order valence-electron chi connectivity index (χ2n) is 4.42. The highest BCUT2D eigenvalue weighted by molar-refractivity contribution is 6.32. The van der Waals surface area contributed by atoms with Gasteiger partial charge >= 0.3 is 0 Å². The maximum Gasteiger partial charge on any atom is 0.199 e. The van der Waals surface area contributed by atoms with E-state index < -0.39 is 0 Å². The first-order valence-electron chi connectivity index (χ1n) is 5.89. The number of rotatable bonds is 1. The molecule has 3 rings (SSSR count). The van der Waals surface area contributed by atoms with Gasteiger partial charge in [0, 0.05) is 11.9 Å². The van der Waals surface area contributed by atoms with Crippen molar-refractivity contribution in [3.8, 4) is 11.5 Å². The topological polar surface area (TPSA) is 56.0 Å². The zero-order valence-corrected chi connectivity index (χ0v) is 11.6. The molecule has 3 aromatic rings. The summed E-state index contributed by atoms with van der Waals surface area (Å²) in [5.74, 6) is 0.693. The Balaban J connectivity index is 2.41. The van der Waals surface area contributed by atoms with E-state index in [1.807, 2.05) is 37.3 Å². The minimum Gasteiger partial charge on any atom is -0.274 e. The fraction of sp³-hybridized carbons (Fsp3) is 0.231. The maximum atomic E-state index is 6.12. The van der Waals surface area contributed by atoms with Crippen LogP contribution in [0.3, 0.4) is 0 Å². The Morgan fingerprint density at radius 3 is 2.68 bits per heavy atom. The number of halogens is 1. The summed E-state index contributed by atoms with van der Waals surface area (Å²) in [4.78, 5) is 8.64.